The molecule has 2 heterocycles. The molecular formula is C16H18N2O3S3. The van der Waals surface area contributed by atoms with Crippen molar-refractivity contribution in [2.75, 3.05) is 24.3 Å². The Morgan fingerprint density at radius 2 is 2.12 bits per heavy atom. The van der Waals surface area contributed by atoms with Crippen LogP contribution in [0.25, 0.3) is 11.3 Å². The molecule has 2 aromatic rings. The van der Waals surface area contributed by atoms with Gasteiger partial charge in [0.15, 0.2) is 14.2 Å². The summed E-state index contributed by atoms with van der Waals surface area (Å²) in [5, 5.41) is 1.98. The minimum Gasteiger partial charge on any atom is -0.341 e. The quantitative estimate of drug-likeness (QED) is 0.744. The second-order valence-corrected chi connectivity index (χ2v) is 10.0. The maximum Gasteiger partial charge on any atom is 0.233 e. The number of hydrogen-bond donors (Lipinski definition) is 0. The third-order valence-corrected chi connectivity index (χ3v) is 7.78. The molecule has 0 bridgehead atoms. The second-order valence-electron chi connectivity index (χ2n) is 5.71. The molecular weight excluding hydrogens is 364 g/mol. The van der Waals surface area contributed by atoms with Crippen molar-refractivity contribution >= 4 is 38.8 Å². The van der Waals surface area contributed by atoms with E-state index in [1.807, 2.05) is 35.7 Å². The Kier molecular flexibility index (Phi) is 5.27. The molecule has 0 N–H and O–H groups in total. The van der Waals surface area contributed by atoms with E-state index in [0.717, 1.165) is 15.6 Å². The van der Waals surface area contributed by atoms with Gasteiger partial charge in [-0.25, -0.2) is 13.4 Å². The molecule has 0 aliphatic carbocycles. The van der Waals surface area contributed by atoms with Crippen molar-refractivity contribution < 1.29 is 13.2 Å². The van der Waals surface area contributed by atoms with Gasteiger partial charge in [-0.05, 0) is 6.42 Å². The average molecular weight is 383 g/mol. The molecule has 5 nitrogen and oxygen atoms in total. The summed E-state index contributed by atoms with van der Waals surface area (Å²) in [7, 11) is -1.29. The van der Waals surface area contributed by atoms with Gasteiger partial charge in [-0.3, -0.25) is 4.79 Å². The van der Waals surface area contributed by atoms with Crippen molar-refractivity contribution in [2.45, 2.75) is 16.8 Å². The first kappa shape index (κ1) is 17.4. The first-order valence-electron chi connectivity index (χ1n) is 7.54. The lowest BCUT2D eigenvalue weighted by molar-refractivity contribution is -0.128. The van der Waals surface area contributed by atoms with E-state index in [4.69, 9.17) is 0 Å². The number of sulfone groups is 1. The van der Waals surface area contributed by atoms with Crippen molar-refractivity contribution in [2.24, 2.45) is 0 Å². The molecule has 1 aliphatic rings. The fraction of sp³-hybridized carbons (Fsp3) is 0.375. The molecule has 0 radical (unpaired) electrons. The highest BCUT2D eigenvalue weighted by molar-refractivity contribution is 8.01. The van der Waals surface area contributed by atoms with Gasteiger partial charge in [0.05, 0.1) is 23.0 Å². The number of thioether (sulfide) groups is 1. The van der Waals surface area contributed by atoms with Crippen molar-refractivity contribution in [3.8, 4) is 11.3 Å². The molecule has 8 heteroatoms. The largest absolute Gasteiger partial charge is 0.341 e. The highest BCUT2D eigenvalue weighted by Crippen LogP contribution is 2.28. The Morgan fingerprint density at radius 3 is 2.79 bits per heavy atom. The third kappa shape index (κ3) is 4.17. The molecule has 0 unspecified atom stereocenters. The van der Waals surface area contributed by atoms with Gasteiger partial charge in [0.1, 0.15) is 0 Å². The number of rotatable bonds is 5. The predicted octanol–water partition coefficient (Wildman–Crippen LogP) is 2.55. The molecule has 1 aromatic carbocycles. The number of thiazole rings is 1. The maximum absolute atomic E-state index is 12.3. The lowest BCUT2D eigenvalue weighted by atomic mass is 10.2. The molecule has 1 aromatic heterocycles. The van der Waals surface area contributed by atoms with Gasteiger partial charge in [-0.1, -0.05) is 42.1 Å². The highest BCUT2D eigenvalue weighted by Gasteiger charge is 2.32. The van der Waals surface area contributed by atoms with Gasteiger partial charge in [0, 0.05) is 24.0 Å². The van der Waals surface area contributed by atoms with Crippen molar-refractivity contribution in [3.05, 3.63) is 35.7 Å². The second kappa shape index (κ2) is 7.25. The fourth-order valence-corrected chi connectivity index (χ4v) is 6.11. The normalized spacial score (nSPS) is 19.3. The summed E-state index contributed by atoms with van der Waals surface area (Å²) in [6, 6.07) is 9.71. The van der Waals surface area contributed by atoms with Crippen molar-refractivity contribution in [1.82, 2.24) is 9.88 Å². The predicted molar refractivity (Wildman–Crippen MR) is 98.1 cm³/mol. The zero-order valence-electron chi connectivity index (χ0n) is 13.2. The standard InChI is InChI=1S/C16H18N2O3S3/c1-18(13-7-8-24(20,21)11-13)15(19)10-23-16-17-14(9-22-16)12-5-3-2-4-6-12/h2-6,9,13H,7-8,10-11H2,1H3/t13-/m1/s1. The molecule has 1 amide bonds. The molecule has 1 fully saturated rings. The Bertz CT molecular complexity index is 818. The number of amides is 1. The van der Waals surface area contributed by atoms with Gasteiger partial charge in [0.2, 0.25) is 5.91 Å². The molecule has 1 atom stereocenters. The van der Waals surface area contributed by atoms with Gasteiger partial charge >= 0.3 is 0 Å². The number of hydrogen-bond acceptors (Lipinski definition) is 6. The van der Waals surface area contributed by atoms with Crippen LogP contribution in [0.2, 0.25) is 0 Å². The van der Waals surface area contributed by atoms with Crippen molar-refractivity contribution in [1.29, 1.82) is 0 Å². The summed E-state index contributed by atoms with van der Waals surface area (Å²) in [4.78, 5) is 18.4. The SMILES string of the molecule is CN(C(=O)CSc1nc(-c2ccccc2)cs1)[C@@H]1CCS(=O)(=O)C1. The van der Waals surface area contributed by atoms with Crippen LogP contribution in [0.4, 0.5) is 0 Å². The van der Waals surface area contributed by atoms with Gasteiger partial charge in [-0.2, -0.15) is 0 Å². The monoisotopic (exact) mass is 382 g/mol. The minimum atomic E-state index is -2.98. The summed E-state index contributed by atoms with van der Waals surface area (Å²) in [5.41, 5.74) is 1.96. The van der Waals surface area contributed by atoms with Gasteiger partial charge < -0.3 is 4.90 Å². The minimum absolute atomic E-state index is 0.0569. The maximum atomic E-state index is 12.3. The van der Waals surface area contributed by atoms with Crippen LogP contribution in [0, 0.1) is 0 Å². The Balaban J connectivity index is 1.56. The Labute approximate surface area is 150 Å². The van der Waals surface area contributed by atoms with Crippen molar-refractivity contribution in [3.63, 3.8) is 0 Å². The van der Waals surface area contributed by atoms with Crippen LogP contribution in [0.3, 0.4) is 0 Å². The molecule has 128 valence electrons. The molecule has 3 rings (SSSR count). The van der Waals surface area contributed by atoms with Gasteiger partial charge in [0.25, 0.3) is 0 Å². The molecule has 1 saturated heterocycles. The molecule has 0 spiro atoms. The van der Waals surface area contributed by atoms with Crippen LogP contribution in [-0.4, -0.2) is 54.6 Å². The summed E-state index contributed by atoms with van der Waals surface area (Å²) in [6.07, 6.45) is 0.532. The zero-order valence-corrected chi connectivity index (χ0v) is 15.7. The number of benzene rings is 1. The summed E-state index contributed by atoms with van der Waals surface area (Å²) >= 11 is 2.91. The van der Waals surface area contributed by atoms with E-state index in [9.17, 15) is 13.2 Å². The first-order valence-corrected chi connectivity index (χ1v) is 11.2. The lowest BCUT2D eigenvalue weighted by Gasteiger charge is -2.22. The van der Waals surface area contributed by atoms with Crippen LogP contribution < -0.4 is 0 Å². The van der Waals surface area contributed by atoms with E-state index in [2.05, 4.69) is 4.98 Å². The molecule has 1 aliphatic heterocycles. The average Bonchev–Trinajstić information content (AvgIpc) is 3.19. The lowest BCUT2D eigenvalue weighted by Crippen LogP contribution is -2.38. The van der Waals surface area contributed by atoms with E-state index < -0.39 is 9.84 Å². The number of aromatic nitrogens is 1. The van der Waals surface area contributed by atoms with Gasteiger partial charge in [-0.15, -0.1) is 11.3 Å². The van der Waals surface area contributed by atoms with Crippen LogP contribution in [0.1, 0.15) is 6.42 Å². The van der Waals surface area contributed by atoms with Crippen LogP contribution in [-0.2, 0) is 14.6 Å². The number of nitrogens with zero attached hydrogens (tertiary/aromatic N) is 2. The molecule has 24 heavy (non-hydrogen) atoms. The van der Waals surface area contributed by atoms with E-state index in [0.29, 0.717) is 6.42 Å². The molecule has 0 saturated carbocycles. The number of carbonyl (C=O) groups excluding carboxylic acids is 1. The first-order chi connectivity index (χ1) is 11.4. The smallest absolute Gasteiger partial charge is 0.233 e. The van der Waals surface area contributed by atoms with E-state index in [1.54, 1.807) is 11.9 Å². The Hall–Kier alpha value is -1.38. The number of carbonyl (C=O) groups is 1. The van der Waals surface area contributed by atoms with E-state index >= 15 is 0 Å². The fourth-order valence-electron chi connectivity index (χ4n) is 2.57. The summed E-state index contributed by atoms with van der Waals surface area (Å²) in [5.74, 6) is 0.470. The van der Waals surface area contributed by atoms with Crippen LogP contribution in [0.15, 0.2) is 40.1 Å². The van der Waals surface area contributed by atoms with Crippen LogP contribution >= 0.6 is 23.1 Å². The highest BCUT2D eigenvalue weighted by atomic mass is 32.2. The summed E-state index contributed by atoms with van der Waals surface area (Å²) < 4.78 is 23.9. The van der Waals surface area contributed by atoms with E-state index in [1.165, 1.54) is 23.1 Å². The van der Waals surface area contributed by atoms with Crippen LogP contribution in [0.5, 0.6) is 0 Å². The topological polar surface area (TPSA) is 67.3 Å². The Morgan fingerprint density at radius 1 is 1.38 bits per heavy atom. The third-order valence-electron chi connectivity index (χ3n) is 4.02. The van der Waals surface area contributed by atoms with E-state index in [-0.39, 0.29) is 29.2 Å². The zero-order chi connectivity index (χ0) is 17.2. The summed E-state index contributed by atoms with van der Waals surface area (Å²) in [6.45, 7) is 0.